The summed E-state index contributed by atoms with van der Waals surface area (Å²) in [4.78, 5) is 46.3. The maximum atomic E-state index is 14.3. The summed E-state index contributed by atoms with van der Waals surface area (Å²) in [6.07, 6.45) is 0.674. The average Bonchev–Trinajstić information content (AvgIpc) is 3.91. The molecule has 1 aliphatic rings. The lowest BCUT2D eigenvalue weighted by atomic mass is 10.0. The molecule has 0 saturated carbocycles. The average molecular weight is 818 g/mol. The molecule has 3 amide bonds. The van der Waals surface area contributed by atoms with Crippen LogP contribution in [0.5, 0.6) is 0 Å². The van der Waals surface area contributed by atoms with E-state index in [1.54, 1.807) is 23.1 Å². The normalized spacial score (nSPS) is 15.8. The molecule has 1 saturated heterocycles. The van der Waals surface area contributed by atoms with Crippen molar-refractivity contribution in [3.05, 3.63) is 108 Å². The maximum Gasteiger partial charge on any atom is 0.243 e. The number of benzene rings is 3. The van der Waals surface area contributed by atoms with Gasteiger partial charge >= 0.3 is 0 Å². The number of anilines is 1. The zero-order chi connectivity index (χ0) is 40.0. The molecule has 56 heavy (non-hydrogen) atoms. The van der Waals surface area contributed by atoms with E-state index in [1.807, 2.05) is 76.2 Å². The quantitative estimate of drug-likeness (QED) is 0.0954. The number of aliphatic hydroxyl groups is 1. The summed E-state index contributed by atoms with van der Waals surface area (Å²) in [5.41, 5.74) is 3.55. The van der Waals surface area contributed by atoms with Crippen LogP contribution in [0.2, 0.25) is 0 Å². The van der Waals surface area contributed by atoms with Crippen molar-refractivity contribution in [2.24, 2.45) is 11.8 Å². The third-order valence-corrected chi connectivity index (χ3v) is 13.7. The smallest absolute Gasteiger partial charge is 0.243 e. The lowest BCUT2D eigenvalue weighted by Gasteiger charge is -2.30. The van der Waals surface area contributed by atoms with Gasteiger partial charge in [-0.15, -0.1) is 11.8 Å². The third-order valence-electron chi connectivity index (χ3n) is 9.57. The fourth-order valence-corrected chi connectivity index (χ4v) is 10.3. The molecule has 3 N–H and O–H groups in total. The molecular weight excluding hydrogens is 771 g/mol. The van der Waals surface area contributed by atoms with Gasteiger partial charge in [0.25, 0.3) is 0 Å². The highest BCUT2D eigenvalue weighted by Crippen LogP contribution is 2.31. The minimum absolute atomic E-state index is 0.0166. The number of carbonyl (C=O) groups is 3. The van der Waals surface area contributed by atoms with Gasteiger partial charge in [0.15, 0.2) is 5.13 Å². The Labute approximate surface area is 335 Å². The number of rotatable bonds is 17. The van der Waals surface area contributed by atoms with Crippen LogP contribution in [-0.2, 0) is 37.4 Å². The highest BCUT2D eigenvalue weighted by atomic mass is 32.2. The fraction of sp³-hybridized carbons (Fsp3) is 0.366. The number of aliphatic hydroxyl groups excluding tert-OH is 1. The Morgan fingerprint density at radius 1 is 1.04 bits per heavy atom. The summed E-state index contributed by atoms with van der Waals surface area (Å²) in [5, 5.41) is 17.8. The Hall–Kier alpha value is -4.54. The van der Waals surface area contributed by atoms with Gasteiger partial charge in [-0.25, -0.2) is 13.4 Å². The summed E-state index contributed by atoms with van der Waals surface area (Å²) in [5.74, 6) is -0.612. The number of likely N-dealkylation sites (tertiary alicyclic amines) is 1. The van der Waals surface area contributed by atoms with E-state index in [9.17, 15) is 27.9 Å². The van der Waals surface area contributed by atoms with E-state index in [1.165, 1.54) is 34.5 Å². The van der Waals surface area contributed by atoms with Gasteiger partial charge in [0, 0.05) is 31.0 Å². The number of amides is 3. The minimum Gasteiger partial charge on any atom is -0.467 e. The second-order valence-electron chi connectivity index (χ2n) is 14.5. The molecule has 15 heteroatoms. The first-order valence-corrected chi connectivity index (χ1v) is 21.7. The number of carbonyl (C=O) groups excluding carboxylic acids is 3. The SMILES string of the molecule is Cc1cccc(C)c1SCC(=O)N[C@@H](Cc1ccccc1)[C@H](O)CN(CC(C)C)S(=O)(=O)c1ccc2nc(NC(=O)C3CC(=O)N(Cc4ccco4)C3)sc2c1. The molecule has 2 aromatic heterocycles. The van der Waals surface area contributed by atoms with Crippen LogP contribution in [0.4, 0.5) is 5.13 Å². The number of aryl methyl sites for hydroxylation is 2. The largest absolute Gasteiger partial charge is 0.467 e. The predicted octanol–water partition coefficient (Wildman–Crippen LogP) is 6.02. The minimum atomic E-state index is -4.14. The van der Waals surface area contributed by atoms with E-state index >= 15 is 0 Å². The molecule has 3 heterocycles. The number of nitrogens with zero attached hydrogens (tertiary/aromatic N) is 3. The molecule has 0 bridgehead atoms. The van der Waals surface area contributed by atoms with Crippen LogP contribution in [0, 0.1) is 25.7 Å². The van der Waals surface area contributed by atoms with E-state index in [2.05, 4.69) is 15.6 Å². The van der Waals surface area contributed by atoms with Crippen LogP contribution < -0.4 is 10.6 Å². The molecule has 3 atom stereocenters. The van der Waals surface area contributed by atoms with Crippen molar-refractivity contribution in [2.45, 2.75) is 69.0 Å². The lowest BCUT2D eigenvalue weighted by Crippen LogP contribution is -2.51. The van der Waals surface area contributed by atoms with Gasteiger partial charge in [-0.3, -0.25) is 14.4 Å². The number of hydrogen-bond acceptors (Lipinski definition) is 10. The number of nitrogens with one attached hydrogen (secondary N) is 2. The van der Waals surface area contributed by atoms with Gasteiger partial charge in [-0.1, -0.05) is 73.7 Å². The Morgan fingerprint density at radius 3 is 2.48 bits per heavy atom. The van der Waals surface area contributed by atoms with Crippen molar-refractivity contribution in [3.63, 3.8) is 0 Å². The van der Waals surface area contributed by atoms with Crippen LogP contribution in [-0.4, -0.2) is 83.0 Å². The molecule has 6 rings (SSSR count). The van der Waals surface area contributed by atoms with E-state index in [4.69, 9.17) is 4.42 Å². The maximum absolute atomic E-state index is 14.3. The molecule has 12 nitrogen and oxygen atoms in total. The molecule has 1 fully saturated rings. The molecule has 5 aromatic rings. The van der Waals surface area contributed by atoms with Gasteiger partial charge in [0.1, 0.15) is 5.76 Å². The summed E-state index contributed by atoms with van der Waals surface area (Å²) in [6.45, 7) is 8.22. The van der Waals surface area contributed by atoms with Gasteiger partial charge < -0.3 is 25.1 Å². The molecular formula is C41H47N5O7S3. The van der Waals surface area contributed by atoms with Crippen LogP contribution >= 0.6 is 23.1 Å². The number of thioether (sulfide) groups is 1. The van der Waals surface area contributed by atoms with E-state index in [0.29, 0.717) is 27.5 Å². The van der Waals surface area contributed by atoms with Crippen molar-refractivity contribution in [1.29, 1.82) is 0 Å². The van der Waals surface area contributed by atoms with Crippen molar-refractivity contribution in [3.8, 4) is 0 Å². The summed E-state index contributed by atoms with van der Waals surface area (Å²) < 4.78 is 35.8. The monoisotopic (exact) mass is 817 g/mol. The number of fused-ring (bicyclic) bond motifs is 1. The van der Waals surface area contributed by atoms with E-state index in [-0.39, 0.29) is 66.9 Å². The fourth-order valence-electron chi connectivity index (χ4n) is 6.74. The van der Waals surface area contributed by atoms with Crippen LogP contribution in [0.15, 0.2) is 99.3 Å². The Morgan fingerprint density at radius 2 is 1.79 bits per heavy atom. The number of sulfonamides is 1. The number of thiazole rings is 1. The van der Waals surface area contributed by atoms with Gasteiger partial charge in [-0.05, 0) is 73.2 Å². The van der Waals surface area contributed by atoms with E-state index in [0.717, 1.165) is 32.9 Å². The lowest BCUT2D eigenvalue weighted by molar-refractivity contribution is -0.128. The molecule has 0 spiro atoms. The number of hydrogen-bond donors (Lipinski definition) is 3. The van der Waals surface area contributed by atoms with Gasteiger partial charge in [-0.2, -0.15) is 4.31 Å². The standard InChI is InChI=1S/C41H47N5O7S3/c1-26(2)21-46(24-35(47)34(18-29-12-6-5-7-13-29)42-37(48)25-54-39-27(3)10-8-11-28(39)4)56(51,52)32-15-16-33-36(20-32)55-41(43-33)44-40(50)30-19-38(49)45(22-30)23-31-14-9-17-53-31/h5-17,20,26,30,34-35,47H,18-19,21-25H2,1-4H3,(H,42,48)(H,43,44,50)/t30?,34-,35+/m0/s1. The third kappa shape index (κ3) is 10.2. The first kappa shape index (κ1) is 41.1. The van der Waals surface area contributed by atoms with Crippen molar-refractivity contribution >= 4 is 66.2 Å². The zero-order valence-electron chi connectivity index (χ0n) is 31.8. The summed E-state index contributed by atoms with van der Waals surface area (Å²) >= 11 is 2.57. The molecule has 1 aliphatic heterocycles. The van der Waals surface area contributed by atoms with Crippen molar-refractivity contribution in [1.82, 2.24) is 19.5 Å². The van der Waals surface area contributed by atoms with Crippen LogP contribution in [0.1, 0.15) is 42.7 Å². The molecule has 296 valence electrons. The Bertz CT molecular complexity index is 2240. The molecule has 0 aliphatic carbocycles. The van der Waals surface area contributed by atoms with Crippen LogP contribution in [0.3, 0.4) is 0 Å². The Kier molecular flexibility index (Phi) is 13.3. The first-order valence-electron chi connectivity index (χ1n) is 18.5. The topological polar surface area (TPSA) is 162 Å². The molecule has 0 radical (unpaired) electrons. The Balaban J connectivity index is 1.15. The highest BCUT2D eigenvalue weighted by molar-refractivity contribution is 8.00. The summed E-state index contributed by atoms with van der Waals surface area (Å²) in [6, 6.07) is 22.8. The van der Waals surface area contributed by atoms with Crippen molar-refractivity contribution in [2.75, 3.05) is 30.7 Å². The highest BCUT2D eigenvalue weighted by Gasteiger charge is 2.35. The molecule has 1 unspecified atom stereocenters. The van der Waals surface area contributed by atoms with Gasteiger partial charge in [0.05, 0.1) is 51.7 Å². The second kappa shape index (κ2) is 18.2. The number of aromatic nitrogens is 1. The van der Waals surface area contributed by atoms with E-state index < -0.39 is 28.1 Å². The number of furan rings is 1. The second-order valence-corrected chi connectivity index (χ2v) is 18.5. The summed E-state index contributed by atoms with van der Waals surface area (Å²) in [7, 11) is -4.14. The predicted molar refractivity (Wildman–Crippen MR) is 219 cm³/mol. The molecule has 3 aromatic carbocycles. The van der Waals surface area contributed by atoms with Crippen molar-refractivity contribution < 1.29 is 32.3 Å². The van der Waals surface area contributed by atoms with Gasteiger partial charge in [0.2, 0.25) is 27.7 Å². The zero-order valence-corrected chi connectivity index (χ0v) is 34.3. The van der Waals surface area contributed by atoms with Crippen LogP contribution in [0.25, 0.3) is 10.2 Å². The first-order chi connectivity index (χ1) is 26.8.